The second kappa shape index (κ2) is 6.18. The molecule has 2 rings (SSSR count). The van der Waals surface area contributed by atoms with Gasteiger partial charge < -0.3 is 5.32 Å². The SMILES string of the molecule is C=CCNC1(C)CC(C)=C(C[N+]2(C(C)C)C=CC=N2)C(=O)N1. The van der Waals surface area contributed by atoms with Gasteiger partial charge in [0.1, 0.15) is 18.8 Å². The highest BCUT2D eigenvalue weighted by Gasteiger charge is 2.40. The molecule has 0 bridgehead atoms. The van der Waals surface area contributed by atoms with Crippen LogP contribution >= 0.6 is 0 Å². The molecule has 5 nitrogen and oxygen atoms in total. The molecule has 5 heteroatoms. The van der Waals surface area contributed by atoms with Gasteiger partial charge in [-0.1, -0.05) is 16.8 Å². The van der Waals surface area contributed by atoms with Gasteiger partial charge in [0.25, 0.3) is 5.91 Å². The quantitative estimate of drug-likeness (QED) is 0.583. The number of nitrogens with zero attached hydrogens (tertiary/aromatic N) is 2. The minimum absolute atomic E-state index is 0.00328. The van der Waals surface area contributed by atoms with Crippen molar-refractivity contribution in [1.82, 2.24) is 10.6 Å². The second-order valence-corrected chi connectivity index (χ2v) is 6.64. The molecule has 0 aromatic rings. The fourth-order valence-electron chi connectivity index (χ4n) is 3.04. The number of carbonyl (C=O) groups excluding carboxylic acids is 1. The lowest BCUT2D eigenvalue weighted by Gasteiger charge is -2.39. The van der Waals surface area contributed by atoms with Gasteiger partial charge in [-0.05, 0) is 27.7 Å². The summed E-state index contributed by atoms with van der Waals surface area (Å²) in [5.74, 6) is -0.00328. The van der Waals surface area contributed by atoms with Crippen LogP contribution in [0.25, 0.3) is 0 Å². The van der Waals surface area contributed by atoms with Crippen molar-refractivity contribution in [3.8, 4) is 0 Å². The zero-order valence-corrected chi connectivity index (χ0v) is 14.0. The van der Waals surface area contributed by atoms with Crippen LogP contribution in [0.2, 0.25) is 0 Å². The van der Waals surface area contributed by atoms with Crippen molar-refractivity contribution in [2.24, 2.45) is 5.10 Å². The van der Waals surface area contributed by atoms with Crippen molar-refractivity contribution < 1.29 is 9.39 Å². The van der Waals surface area contributed by atoms with E-state index in [4.69, 9.17) is 0 Å². The first-order chi connectivity index (χ1) is 10.3. The number of hydrogen-bond donors (Lipinski definition) is 2. The maximum absolute atomic E-state index is 12.6. The van der Waals surface area contributed by atoms with Gasteiger partial charge in [0.2, 0.25) is 0 Å². The van der Waals surface area contributed by atoms with E-state index in [1.54, 1.807) is 6.08 Å². The monoisotopic (exact) mass is 303 g/mol. The topological polar surface area (TPSA) is 53.5 Å². The molecule has 2 heterocycles. The van der Waals surface area contributed by atoms with Gasteiger partial charge in [0.05, 0.1) is 17.5 Å². The molecule has 0 saturated heterocycles. The number of amides is 1. The average Bonchev–Trinajstić information content (AvgIpc) is 2.91. The van der Waals surface area contributed by atoms with Crippen LogP contribution in [0.4, 0.5) is 0 Å². The van der Waals surface area contributed by atoms with E-state index in [2.05, 4.69) is 42.4 Å². The molecule has 2 aliphatic heterocycles. The zero-order chi connectivity index (χ0) is 16.4. The third kappa shape index (κ3) is 3.20. The molecule has 0 saturated carbocycles. The Hall–Kier alpha value is -1.72. The van der Waals surface area contributed by atoms with Crippen LogP contribution in [0.3, 0.4) is 0 Å². The number of hydrogen-bond acceptors (Lipinski definition) is 3. The molecule has 0 aliphatic carbocycles. The number of allylic oxidation sites excluding steroid dienone is 1. The molecule has 0 radical (unpaired) electrons. The molecule has 2 atom stereocenters. The fourth-order valence-corrected chi connectivity index (χ4v) is 3.04. The maximum Gasteiger partial charge on any atom is 0.254 e. The summed E-state index contributed by atoms with van der Waals surface area (Å²) in [4.78, 5) is 12.6. The van der Waals surface area contributed by atoms with Crippen molar-refractivity contribution in [1.29, 1.82) is 0 Å². The lowest BCUT2D eigenvalue weighted by atomic mass is 9.92. The van der Waals surface area contributed by atoms with E-state index in [0.29, 0.717) is 17.7 Å². The van der Waals surface area contributed by atoms with Gasteiger partial charge in [0.15, 0.2) is 0 Å². The summed E-state index contributed by atoms with van der Waals surface area (Å²) in [6.07, 6.45) is 8.41. The molecule has 2 unspecified atom stereocenters. The van der Waals surface area contributed by atoms with Crippen molar-refractivity contribution in [3.63, 3.8) is 0 Å². The predicted molar refractivity (Wildman–Crippen MR) is 90.0 cm³/mol. The summed E-state index contributed by atoms with van der Waals surface area (Å²) in [5, 5.41) is 11.0. The molecular weight excluding hydrogens is 276 g/mol. The minimum Gasteiger partial charge on any atom is -0.334 e. The Morgan fingerprint density at radius 3 is 2.82 bits per heavy atom. The van der Waals surface area contributed by atoms with Gasteiger partial charge in [-0.2, -0.15) is 4.59 Å². The van der Waals surface area contributed by atoms with Crippen molar-refractivity contribution in [2.75, 3.05) is 13.1 Å². The average molecular weight is 303 g/mol. The highest BCUT2D eigenvalue weighted by Crippen LogP contribution is 2.28. The fraction of sp³-hybridized carbons (Fsp3) is 0.529. The molecule has 22 heavy (non-hydrogen) atoms. The summed E-state index contributed by atoms with van der Waals surface area (Å²) in [6.45, 7) is 13.3. The summed E-state index contributed by atoms with van der Waals surface area (Å²) in [5.41, 5.74) is 1.55. The molecule has 120 valence electrons. The minimum atomic E-state index is -0.411. The highest BCUT2D eigenvalue weighted by atomic mass is 16.2. The van der Waals surface area contributed by atoms with Gasteiger partial charge in [-0.25, -0.2) is 0 Å². The van der Waals surface area contributed by atoms with Crippen molar-refractivity contribution >= 4 is 12.1 Å². The summed E-state index contributed by atoms with van der Waals surface area (Å²) in [6, 6.07) is 0.287. The number of quaternary nitrogens is 1. The first-order valence-corrected chi connectivity index (χ1v) is 7.80. The number of carbonyl (C=O) groups is 1. The van der Waals surface area contributed by atoms with Crippen LogP contribution in [0.5, 0.6) is 0 Å². The Labute approximate surface area is 133 Å². The Balaban J connectivity index is 2.23. The second-order valence-electron chi connectivity index (χ2n) is 6.64. The van der Waals surface area contributed by atoms with Crippen LogP contribution in [0, 0.1) is 0 Å². The predicted octanol–water partition coefficient (Wildman–Crippen LogP) is 2.05. The van der Waals surface area contributed by atoms with Crippen LogP contribution in [-0.4, -0.2) is 41.5 Å². The van der Waals surface area contributed by atoms with Crippen LogP contribution in [0.1, 0.15) is 34.1 Å². The first-order valence-electron chi connectivity index (χ1n) is 7.80. The molecular formula is C17H27N4O+. The Kier molecular flexibility index (Phi) is 4.68. The summed E-state index contributed by atoms with van der Waals surface area (Å²) >= 11 is 0. The largest absolute Gasteiger partial charge is 0.334 e. The van der Waals surface area contributed by atoms with Crippen LogP contribution in [0.15, 0.2) is 41.2 Å². The molecule has 2 aliphatic rings. The van der Waals surface area contributed by atoms with Crippen molar-refractivity contribution in [3.05, 3.63) is 36.1 Å². The van der Waals surface area contributed by atoms with E-state index in [1.165, 1.54) is 0 Å². The lowest BCUT2D eigenvalue weighted by molar-refractivity contribution is -0.899. The van der Waals surface area contributed by atoms with Crippen LogP contribution in [-0.2, 0) is 4.79 Å². The molecule has 0 fully saturated rings. The zero-order valence-electron chi connectivity index (χ0n) is 14.0. The number of nitrogens with one attached hydrogen (secondary N) is 2. The molecule has 0 aromatic heterocycles. The van der Waals surface area contributed by atoms with E-state index in [9.17, 15) is 4.79 Å². The van der Waals surface area contributed by atoms with E-state index in [-0.39, 0.29) is 11.9 Å². The smallest absolute Gasteiger partial charge is 0.254 e. The third-order valence-corrected chi connectivity index (χ3v) is 4.45. The van der Waals surface area contributed by atoms with Crippen LogP contribution < -0.4 is 10.6 Å². The van der Waals surface area contributed by atoms with E-state index in [1.807, 2.05) is 26.1 Å². The Morgan fingerprint density at radius 2 is 2.32 bits per heavy atom. The van der Waals surface area contributed by atoms with E-state index >= 15 is 0 Å². The molecule has 0 spiro atoms. The Bertz CT molecular complexity index is 547. The van der Waals surface area contributed by atoms with Gasteiger partial charge in [-0.3, -0.25) is 10.1 Å². The lowest BCUT2D eigenvalue weighted by Crippen LogP contribution is -2.60. The summed E-state index contributed by atoms with van der Waals surface area (Å²) < 4.78 is 0.455. The van der Waals surface area contributed by atoms with Gasteiger partial charge >= 0.3 is 0 Å². The molecule has 1 amide bonds. The van der Waals surface area contributed by atoms with Gasteiger partial charge in [-0.15, -0.1) is 6.58 Å². The number of rotatable bonds is 6. The third-order valence-electron chi connectivity index (χ3n) is 4.45. The first kappa shape index (κ1) is 16.6. The molecule has 0 aromatic carbocycles. The highest BCUT2D eigenvalue weighted by molar-refractivity contribution is 5.96. The Morgan fingerprint density at radius 1 is 1.59 bits per heavy atom. The van der Waals surface area contributed by atoms with E-state index < -0.39 is 5.66 Å². The van der Waals surface area contributed by atoms with Gasteiger partial charge in [0, 0.05) is 19.0 Å². The standard InChI is InChI=1S/C17H26N4O/c1-6-8-18-17(5)11-14(4)15(16(22)20-17)12-21(13(2)3)10-7-9-19-21/h6-7,9-10,13,18H,1,8,11-12H2,2-5H3/p+1. The molecule has 2 N–H and O–H groups in total. The van der Waals surface area contributed by atoms with Crippen molar-refractivity contribution in [2.45, 2.75) is 45.8 Å². The summed E-state index contributed by atoms with van der Waals surface area (Å²) in [7, 11) is 0. The maximum atomic E-state index is 12.6. The van der Waals surface area contributed by atoms with E-state index in [0.717, 1.165) is 17.6 Å². The normalized spacial score (nSPS) is 31.0.